The molecule has 2 aromatic heterocycles. The fraction of sp³-hybridized carbons (Fsp3) is 0.304. The van der Waals surface area contributed by atoms with Gasteiger partial charge in [-0.1, -0.05) is 13.3 Å². The van der Waals surface area contributed by atoms with Crippen molar-refractivity contribution in [2.45, 2.75) is 38.5 Å². The maximum atomic E-state index is 12.8. The minimum Gasteiger partial charge on any atom is -0.484 e. The quantitative estimate of drug-likeness (QED) is 0.449. The van der Waals surface area contributed by atoms with Crippen LogP contribution in [0.5, 0.6) is 5.75 Å². The lowest BCUT2D eigenvalue weighted by Crippen LogP contribution is -2.26. The van der Waals surface area contributed by atoms with Crippen LogP contribution in [0.2, 0.25) is 0 Å². The van der Waals surface area contributed by atoms with Crippen LogP contribution < -0.4 is 10.1 Å². The Hall–Kier alpha value is -3.89. The molecule has 34 heavy (non-hydrogen) atoms. The standard InChI is InChI=1S/C23H23F3N4O4/c1-2-3-20(19-9-4-15(12-28-19)22(33)27-11-10-21(31)32)34-18-7-5-17(6-8-18)30-14-16(13-29-30)23(24,25)26/h4-9,12-14,20H,2-3,10-11H2,1H3,(H,27,33)(H,31,32). The van der Waals surface area contributed by atoms with E-state index in [2.05, 4.69) is 15.4 Å². The van der Waals surface area contributed by atoms with Gasteiger partial charge in [0, 0.05) is 18.9 Å². The number of rotatable bonds is 10. The van der Waals surface area contributed by atoms with Crippen LogP contribution in [0.1, 0.15) is 53.9 Å². The molecule has 8 nitrogen and oxygen atoms in total. The molecule has 0 saturated carbocycles. The normalized spacial score (nSPS) is 12.2. The van der Waals surface area contributed by atoms with Gasteiger partial charge in [-0.2, -0.15) is 18.3 Å². The lowest BCUT2D eigenvalue weighted by Gasteiger charge is -2.18. The monoisotopic (exact) mass is 476 g/mol. The van der Waals surface area contributed by atoms with Crippen molar-refractivity contribution in [3.05, 3.63) is 71.8 Å². The second kappa shape index (κ2) is 10.8. The Bertz CT molecular complexity index is 1110. The molecule has 0 bridgehead atoms. The SMILES string of the molecule is CCCC(Oc1ccc(-n2cc(C(F)(F)F)cn2)cc1)c1ccc(C(=O)NCCC(=O)O)cn1. The van der Waals surface area contributed by atoms with Crippen LogP contribution in [0.4, 0.5) is 13.2 Å². The van der Waals surface area contributed by atoms with Gasteiger partial charge in [0.05, 0.1) is 35.1 Å². The van der Waals surface area contributed by atoms with Crippen LogP contribution in [-0.4, -0.2) is 38.3 Å². The molecule has 3 rings (SSSR count). The third-order valence-electron chi connectivity index (χ3n) is 4.84. The van der Waals surface area contributed by atoms with Crippen LogP contribution in [0.25, 0.3) is 5.69 Å². The highest BCUT2D eigenvalue weighted by Gasteiger charge is 2.32. The Balaban J connectivity index is 1.67. The minimum atomic E-state index is -4.46. The highest BCUT2D eigenvalue weighted by molar-refractivity contribution is 5.94. The molecular formula is C23H23F3N4O4. The predicted octanol–water partition coefficient (Wildman–Crippen LogP) is 4.41. The van der Waals surface area contributed by atoms with Crippen molar-refractivity contribution in [3.63, 3.8) is 0 Å². The Morgan fingerprint density at radius 2 is 1.88 bits per heavy atom. The van der Waals surface area contributed by atoms with E-state index in [9.17, 15) is 22.8 Å². The number of carboxylic acids is 1. The number of nitrogens with one attached hydrogen (secondary N) is 1. The molecule has 0 aliphatic rings. The number of carbonyl (C=O) groups is 2. The number of nitrogens with zero attached hydrogens (tertiary/aromatic N) is 3. The maximum absolute atomic E-state index is 12.8. The number of ether oxygens (including phenoxy) is 1. The van der Waals surface area contributed by atoms with Gasteiger partial charge in [-0.25, -0.2) is 4.68 Å². The molecule has 0 spiro atoms. The third kappa shape index (κ3) is 6.56. The van der Waals surface area contributed by atoms with Gasteiger partial charge < -0.3 is 15.2 Å². The summed E-state index contributed by atoms with van der Waals surface area (Å²) in [4.78, 5) is 27.0. The molecule has 3 aromatic rings. The number of carbonyl (C=O) groups excluding carboxylic acids is 1. The zero-order valence-corrected chi connectivity index (χ0v) is 18.2. The molecule has 1 atom stereocenters. The van der Waals surface area contributed by atoms with Crippen molar-refractivity contribution >= 4 is 11.9 Å². The second-order valence-electron chi connectivity index (χ2n) is 7.43. The van der Waals surface area contributed by atoms with E-state index in [1.54, 1.807) is 36.4 Å². The number of carboxylic acid groups (broad SMARTS) is 1. The van der Waals surface area contributed by atoms with Crippen LogP contribution in [0, 0.1) is 0 Å². The first-order chi connectivity index (χ1) is 16.2. The lowest BCUT2D eigenvalue weighted by molar-refractivity contribution is -0.138. The zero-order valence-electron chi connectivity index (χ0n) is 18.2. The molecule has 1 amide bonds. The minimum absolute atomic E-state index is 0.0174. The molecule has 0 aliphatic carbocycles. The molecule has 1 aromatic carbocycles. The number of alkyl halides is 3. The smallest absolute Gasteiger partial charge is 0.419 e. The van der Waals surface area contributed by atoms with Crippen molar-refractivity contribution in [2.24, 2.45) is 0 Å². The number of hydrogen-bond acceptors (Lipinski definition) is 5. The van der Waals surface area contributed by atoms with Gasteiger partial charge in [0.25, 0.3) is 5.91 Å². The van der Waals surface area contributed by atoms with E-state index in [0.717, 1.165) is 23.5 Å². The highest BCUT2D eigenvalue weighted by Crippen LogP contribution is 2.30. The summed E-state index contributed by atoms with van der Waals surface area (Å²) in [6.07, 6.45) is -0.508. The summed E-state index contributed by atoms with van der Waals surface area (Å²) >= 11 is 0. The molecule has 0 aliphatic heterocycles. The molecule has 0 saturated heterocycles. The third-order valence-corrected chi connectivity index (χ3v) is 4.84. The summed E-state index contributed by atoms with van der Waals surface area (Å²) in [6, 6.07) is 9.73. The molecule has 2 heterocycles. The molecule has 0 fully saturated rings. The van der Waals surface area contributed by atoms with Gasteiger partial charge in [0.15, 0.2) is 0 Å². The summed E-state index contributed by atoms with van der Waals surface area (Å²) in [6.45, 7) is 2.00. The van der Waals surface area contributed by atoms with Crippen LogP contribution >= 0.6 is 0 Å². The van der Waals surface area contributed by atoms with Crippen molar-refractivity contribution in [1.29, 1.82) is 0 Å². The van der Waals surface area contributed by atoms with Gasteiger partial charge in [-0.3, -0.25) is 14.6 Å². The molecule has 11 heteroatoms. The predicted molar refractivity (Wildman–Crippen MR) is 116 cm³/mol. The van der Waals surface area contributed by atoms with E-state index in [0.29, 0.717) is 29.1 Å². The average molecular weight is 476 g/mol. The molecule has 2 N–H and O–H groups in total. The van der Waals surface area contributed by atoms with E-state index < -0.39 is 29.7 Å². The van der Waals surface area contributed by atoms with Gasteiger partial charge in [0.1, 0.15) is 11.9 Å². The lowest BCUT2D eigenvalue weighted by atomic mass is 10.1. The number of amides is 1. The summed E-state index contributed by atoms with van der Waals surface area (Å²) < 4.78 is 45.5. The summed E-state index contributed by atoms with van der Waals surface area (Å²) in [7, 11) is 0. The first-order valence-electron chi connectivity index (χ1n) is 10.5. The topological polar surface area (TPSA) is 106 Å². The fourth-order valence-corrected chi connectivity index (χ4v) is 3.10. The van der Waals surface area contributed by atoms with Crippen molar-refractivity contribution < 1.29 is 32.6 Å². The second-order valence-corrected chi connectivity index (χ2v) is 7.43. The number of pyridine rings is 1. The zero-order chi connectivity index (χ0) is 24.7. The van der Waals surface area contributed by atoms with Crippen LogP contribution in [0.3, 0.4) is 0 Å². The Labute approximate surface area is 193 Å². The number of aliphatic carboxylic acids is 1. The van der Waals surface area contributed by atoms with Crippen LogP contribution in [-0.2, 0) is 11.0 Å². The number of hydrogen-bond donors (Lipinski definition) is 2. The maximum Gasteiger partial charge on any atom is 0.419 e. The van der Waals surface area contributed by atoms with Crippen molar-refractivity contribution in [2.75, 3.05) is 6.54 Å². The molecule has 1 unspecified atom stereocenters. The van der Waals surface area contributed by atoms with Gasteiger partial charge in [-0.15, -0.1) is 0 Å². The first-order valence-corrected chi connectivity index (χ1v) is 10.5. The number of benzene rings is 1. The van der Waals surface area contributed by atoms with Crippen molar-refractivity contribution in [3.8, 4) is 11.4 Å². The summed E-state index contributed by atoms with van der Waals surface area (Å²) in [5.41, 5.74) is 0.522. The van der Waals surface area contributed by atoms with Gasteiger partial charge >= 0.3 is 12.1 Å². The first kappa shape index (κ1) is 24.7. The van der Waals surface area contributed by atoms with E-state index in [1.807, 2.05) is 6.92 Å². The van der Waals surface area contributed by atoms with Crippen LogP contribution in [0.15, 0.2) is 55.0 Å². The summed E-state index contributed by atoms with van der Waals surface area (Å²) in [5, 5.41) is 14.9. The summed E-state index contributed by atoms with van der Waals surface area (Å²) in [5.74, 6) is -0.920. The largest absolute Gasteiger partial charge is 0.484 e. The van der Waals surface area contributed by atoms with Crippen molar-refractivity contribution in [1.82, 2.24) is 20.1 Å². The molecule has 0 radical (unpaired) electrons. The number of halogens is 3. The molecular weight excluding hydrogens is 453 g/mol. The Kier molecular flexibility index (Phi) is 7.87. The van der Waals surface area contributed by atoms with E-state index >= 15 is 0 Å². The van der Waals surface area contributed by atoms with Gasteiger partial charge in [-0.05, 0) is 42.8 Å². The fourth-order valence-electron chi connectivity index (χ4n) is 3.10. The van der Waals surface area contributed by atoms with Gasteiger partial charge in [0.2, 0.25) is 0 Å². The Morgan fingerprint density at radius 3 is 2.44 bits per heavy atom. The number of aromatic nitrogens is 3. The molecule has 180 valence electrons. The average Bonchev–Trinajstić information content (AvgIpc) is 3.30. The van der Waals surface area contributed by atoms with E-state index in [-0.39, 0.29) is 13.0 Å². The van der Waals surface area contributed by atoms with E-state index in [4.69, 9.17) is 9.84 Å². The van der Waals surface area contributed by atoms with E-state index in [1.165, 1.54) is 6.20 Å². The highest BCUT2D eigenvalue weighted by atomic mass is 19.4. The Morgan fingerprint density at radius 1 is 1.15 bits per heavy atom.